The van der Waals surface area contributed by atoms with E-state index in [9.17, 15) is 14.2 Å². The summed E-state index contributed by atoms with van der Waals surface area (Å²) in [5, 5.41) is 11.3. The maximum atomic E-state index is 12.4. The van der Waals surface area contributed by atoms with Gasteiger partial charge in [0.05, 0.1) is 6.42 Å². The molecule has 0 aliphatic carbocycles. The summed E-state index contributed by atoms with van der Waals surface area (Å²) in [5.74, 6) is -1.43. The van der Waals surface area contributed by atoms with Crippen molar-refractivity contribution >= 4 is 19.9 Å². The molecule has 0 bridgehead atoms. The maximum Gasteiger partial charge on any atom is 0.508 e. The second-order valence-electron chi connectivity index (χ2n) is 6.72. The molecule has 0 saturated heterocycles. The maximum absolute atomic E-state index is 12.4. The minimum Gasteiger partial charge on any atom is -0.481 e. The van der Waals surface area contributed by atoms with E-state index in [1.165, 1.54) is 5.56 Å². The standard InChI is InChI=1S/C22H26NO5P/c24-21(25)14-15-23-22(26)20(17-19-12-5-2-6-13-19)28-29(27)16-8-7-11-18-9-3-1-4-10-18/h1-6,9-10,12-13,20H,7-8,11,14-17H2,(H-,23,24,25,26)/p+1. The number of aryl methyl sites for hydroxylation is 1. The van der Waals surface area contributed by atoms with Gasteiger partial charge in [0.2, 0.25) is 0 Å². The van der Waals surface area contributed by atoms with Crippen LogP contribution in [-0.2, 0) is 31.5 Å². The van der Waals surface area contributed by atoms with Gasteiger partial charge in [-0.25, -0.2) is 0 Å². The summed E-state index contributed by atoms with van der Waals surface area (Å²) in [6.45, 7) is 0.0106. The molecule has 0 radical (unpaired) electrons. The molecule has 154 valence electrons. The van der Waals surface area contributed by atoms with Crippen molar-refractivity contribution in [1.82, 2.24) is 5.32 Å². The molecule has 0 aromatic heterocycles. The molecule has 0 saturated carbocycles. The van der Waals surface area contributed by atoms with Crippen molar-refractivity contribution in [2.24, 2.45) is 0 Å². The van der Waals surface area contributed by atoms with E-state index in [1.807, 2.05) is 48.5 Å². The highest BCUT2D eigenvalue weighted by molar-refractivity contribution is 7.39. The molecule has 7 heteroatoms. The smallest absolute Gasteiger partial charge is 0.481 e. The lowest BCUT2D eigenvalue weighted by molar-refractivity contribution is -0.137. The van der Waals surface area contributed by atoms with Gasteiger partial charge >= 0.3 is 14.0 Å². The number of carboxylic acid groups (broad SMARTS) is 1. The number of benzene rings is 2. The van der Waals surface area contributed by atoms with Gasteiger partial charge in [0.15, 0.2) is 12.3 Å². The fourth-order valence-corrected chi connectivity index (χ4v) is 3.86. The first-order chi connectivity index (χ1) is 14.0. The Balaban J connectivity index is 1.83. The highest BCUT2D eigenvalue weighted by Crippen LogP contribution is 2.28. The molecule has 2 atom stereocenters. The fraction of sp³-hybridized carbons (Fsp3) is 0.364. The topological polar surface area (TPSA) is 92.7 Å². The van der Waals surface area contributed by atoms with Crippen LogP contribution >= 0.6 is 8.03 Å². The van der Waals surface area contributed by atoms with Crippen LogP contribution in [-0.4, -0.2) is 35.8 Å². The van der Waals surface area contributed by atoms with E-state index in [2.05, 4.69) is 17.4 Å². The Morgan fingerprint density at radius 3 is 2.21 bits per heavy atom. The van der Waals surface area contributed by atoms with Crippen LogP contribution in [0.2, 0.25) is 0 Å². The average Bonchev–Trinajstić information content (AvgIpc) is 2.72. The number of nitrogens with one attached hydrogen (secondary N) is 1. The molecule has 1 amide bonds. The van der Waals surface area contributed by atoms with Crippen molar-refractivity contribution < 1.29 is 23.8 Å². The number of aliphatic carboxylic acids is 1. The summed E-state index contributed by atoms with van der Waals surface area (Å²) in [5.41, 5.74) is 2.13. The van der Waals surface area contributed by atoms with E-state index in [-0.39, 0.29) is 19.4 Å². The lowest BCUT2D eigenvalue weighted by atomic mass is 10.1. The predicted molar refractivity (Wildman–Crippen MR) is 112 cm³/mol. The van der Waals surface area contributed by atoms with Gasteiger partial charge in [-0.2, -0.15) is 0 Å². The zero-order valence-corrected chi connectivity index (χ0v) is 17.2. The van der Waals surface area contributed by atoms with Crippen LogP contribution in [0.1, 0.15) is 30.4 Å². The average molecular weight is 416 g/mol. The molecule has 2 rings (SSSR count). The van der Waals surface area contributed by atoms with Crippen molar-refractivity contribution in [2.45, 2.75) is 38.2 Å². The number of hydrogen-bond acceptors (Lipinski definition) is 4. The number of carboxylic acids is 1. The molecule has 0 spiro atoms. The highest BCUT2D eigenvalue weighted by Gasteiger charge is 2.30. The normalized spacial score (nSPS) is 12.2. The van der Waals surface area contributed by atoms with E-state index in [1.54, 1.807) is 0 Å². The molecule has 2 aromatic carbocycles. The lowest BCUT2D eigenvalue weighted by Gasteiger charge is -2.12. The molecule has 0 aliphatic rings. The molecule has 6 nitrogen and oxygen atoms in total. The first-order valence-electron chi connectivity index (χ1n) is 9.73. The third kappa shape index (κ3) is 9.46. The molecule has 2 aromatic rings. The van der Waals surface area contributed by atoms with Crippen molar-refractivity contribution in [1.29, 1.82) is 0 Å². The van der Waals surface area contributed by atoms with Gasteiger partial charge in [0, 0.05) is 13.0 Å². The van der Waals surface area contributed by atoms with Gasteiger partial charge in [-0.1, -0.05) is 60.7 Å². The van der Waals surface area contributed by atoms with E-state index in [4.69, 9.17) is 9.63 Å². The van der Waals surface area contributed by atoms with Crippen LogP contribution in [0.5, 0.6) is 0 Å². The van der Waals surface area contributed by atoms with Crippen molar-refractivity contribution in [2.75, 3.05) is 12.7 Å². The Kier molecular flexibility index (Phi) is 10.0. The Morgan fingerprint density at radius 2 is 1.59 bits per heavy atom. The summed E-state index contributed by atoms with van der Waals surface area (Å²) >= 11 is 0. The number of carbonyl (C=O) groups is 2. The minimum absolute atomic E-state index is 0.0106. The number of hydrogen-bond donors (Lipinski definition) is 2. The molecule has 0 fully saturated rings. The monoisotopic (exact) mass is 416 g/mol. The minimum atomic E-state index is -1.98. The zero-order chi connectivity index (χ0) is 20.9. The van der Waals surface area contributed by atoms with Gasteiger partial charge in [0.25, 0.3) is 5.91 Å². The van der Waals surface area contributed by atoms with Crippen LogP contribution in [0.3, 0.4) is 0 Å². The first kappa shape index (κ1) is 22.7. The Bertz CT molecular complexity index is 782. The lowest BCUT2D eigenvalue weighted by Crippen LogP contribution is -2.38. The number of unbranched alkanes of at least 4 members (excludes halogenated alkanes) is 1. The molecule has 29 heavy (non-hydrogen) atoms. The van der Waals surface area contributed by atoms with Crippen molar-refractivity contribution in [3.8, 4) is 0 Å². The van der Waals surface area contributed by atoms with E-state index in [0.717, 1.165) is 24.8 Å². The van der Waals surface area contributed by atoms with Crippen LogP contribution in [0.15, 0.2) is 60.7 Å². The Labute approximate surface area is 172 Å². The van der Waals surface area contributed by atoms with Gasteiger partial charge in [-0.3, -0.25) is 9.59 Å². The molecule has 0 heterocycles. The largest absolute Gasteiger partial charge is 0.508 e. The number of amides is 1. The second-order valence-corrected chi connectivity index (χ2v) is 8.04. The summed E-state index contributed by atoms with van der Waals surface area (Å²) in [4.78, 5) is 23.1. The third-order valence-electron chi connectivity index (χ3n) is 4.34. The Morgan fingerprint density at radius 1 is 0.966 bits per heavy atom. The molecular formula is C22H27NO5P+. The van der Waals surface area contributed by atoms with E-state index in [0.29, 0.717) is 6.16 Å². The van der Waals surface area contributed by atoms with Crippen molar-refractivity contribution in [3.05, 3.63) is 71.8 Å². The summed E-state index contributed by atoms with van der Waals surface area (Å²) in [7, 11) is -1.98. The Hall–Kier alpha value is -2.56. The first-order valence-corrected chi connectivity index (χ1v) is 11.1. The van der Waals surface area contributed by atoms with Crippen LogP contribution < -0.4 is 5.32 Å². The van der Waals surface area contributed by atoms with Crippen LogP contribution in [0, 0.1) is 0 Å². The molecule has 2 N–H and O–H groups in total. The van der Waals surface area contributed by atoms with E-state index < -0.39 is 26.0 Å². The molecular weight excluding hydrogens is 389 g/mol. The third-order valence-corrected chi connectivity index (χ3v) is 5.51. The summed E-state index contributed by atoms with van der Waals surface area (Å²) in [6, 6.07) is 19.4. The second kappa shape index (κ2) is 12.8. The zero-order valence-electron chi connectivity index (χ0n) is 16.3. The number of rotatable bonds is 13. The quantitative estimate of drug-likeness (QED) is 0.381. The van der Waals surface area contributed by atoms with Crippen LogP contribution in [0.25, 0.3) is 0 Å². The van der Waals surface area contributed by atoms with Crippen LogP contribution in [0.4, 0.5) is 0 Å². The van der Waals surface area contributed by atoms with Gasteiger partial charge in [-0.15, -0.1) is 4.52 Å². The fourth-order valence-electron chi connectivity index (χ4n) is 2.82. The highest BCUT2D eigenvalue weighted by atomic mass is 31.1. The van der Waals surface area contributed by atoms with Crippen molar-refractivity contribution in [3.63, 3.8) is 0 Å². The number of carbonyl (C=O) groups excluding carboxylic acids is 1. The summed E-state index contributed by atoms with van der Waals surface area (Å²) < 4.78 is 18.0. The summed E-state index contributed by atoms with van der Waals surface area (Å²) in [6.07, 6.45) is 2.12. The predicted octanol–water partition coefficient (Wildman–Crippen LogP) is 3.97. The SMILES string of the molecule is O=C(O)CCNC(=O)C(Cc1ccccc1)O[P+](=O)CCCCc1ccccc1. The molecule has 0 aliphatic heterocycles. The molecule has 2 unspecified atom stereocenters. The van der Waals surface area contributed by atoms with E-state index >= 15 is 0 Å². The van der Waals surface area contributed by atoms with Gasteiger partial charge in [-0.05, 0) is 35.0 Å². The van der Waals surface area contributed by atoms with Gasteiger partial charge in [0.1, 0.15) is 0 Å². The van der Waals surface area contributed by atoms with Gasteiger partial charge < -0.3 is 10.4 Å².